The van der Waals surface area contributed by atoms with Gasteiger partial charge < -0.3 is 10.1 Å². The first-order valence-corrected chi connectivity index (χ1v) is 7.37. The first kappa shape index (κ1) is 15.7. The number of hydrogen-bond acceptors (Lipinski definition) is 5. The van der Waals surface area contributed by atoms with Gasteiger partial charge in [0.2, 0.25) is 5.43 Å². The van der Waals surface area contributed by atoms with Gasteiger partial charge in [-0.25, -0.2) is 4.79 Å². The molecule has 0 unspecified atom stereocenters. The van der Waals surface area contributed by atoms with Crippen LogP contribution in [-0.4, -0.2) is 13.1 Å². The number of aryl methyl sites for hydroxylation is 1. The van der Waals surface area contributed by atoms with Crippen LogP contribution in [0.15, 0.2) is 58.1 Å². The smallest absolute Gasteiger partial charge is 0.339 e. The van der Waals surface area contributed by atoms with E-state index in [4.69, 9.17) is 4.74 Å². The third-order valence-electron chi connectivity index (χ3n) is 3.84. The molecule has 5 heteroatoms. The van der Waals surface area contributed by atoms with Crippen LogP contribution in [0.1, 0.15) is 15.9 Å². The Morgan fingerprint density at radius 2 is 1.62 bits per heavy atom. The highest BCUT2D eigenvalue weighted by atomic mass is 16.5. The lowest BCUT2D eigenvalue weighted by Crippen LogP contribution is -2.35. The Bertz CT molecular complexity index is 980. The van der Waals surface area contributed by atoms with Crippen LogP contribution in [0.3, 0.4) is 0 Å². The molecule has 0 saturated heterocycles. The van der Waals surface area contributed by atoms with Crippen molar-refractivity contribution >= 4 is 17.3 Å². The summed E-state index contributed by atoms with van der Waals surface area (Å²) in [6, 6.07) is 14.0. The molecule has 0 atom stereocenters. The molecule has 0 saturated carbocycles. The van der Waals surface area contributed by atoms with Crippen molar-refractivity contribution in [1.82, 2.24) is 0 Å². The van der Waals surface area contributed by atoms with Gasteiger partial charge in [0.15, 0.2) is 0 Å². The van der Waals surface area contributed by atoms with Crippen LogP contribution in [0.25, 0.3) is 11.1 Å². The topological polar surface area (TPSA) is 72.5 Å². The molecule has 0 aliphatic rings. The van der Waals surface area contributed by atoms with Crippen LogP contribution in [0.2, 0.25) is 0 Å². The van der Waals surface area contributed by atoms with Crippen LogP contribution in [0.5, 0.6) is 0 Å². The number of hydrogen-bond donors (Lipinski definition) is 1. The third kappa shape index (κ3) is 2.60. The molecule has 0 aromatic heterocycles. The Morgan fingerprint density at radius 3 is 2.29 bits per heavy atom. The van der Waals surface area contributed by atoms with E-state index < -0.39 is 16.8 Å². The van der Waals surface area contributed by atoms with Crippen LogP contribution < -0.4 is 16.2 Å². The van der Waals surface area contributed by atoms with Gasteiger partial charge in [0.05, 0.1) is 23.9 Å². The second-order valence-electron chi connectivity index (χ2n) is 5.44. The van der Waals surface area contributed by atoms with E-state index >= 15 is 0 Å². The molecule has 0 aliphatic heterocycles. The number of rotatable bonds is 4. The second-order valence-corrected chi connectivity index (χ2v) is 5.44. The standard InChI is InChI=1S/C19H15NO4/c1-11-7-9-12(10-8-11)15-16(18(22)17(15)21)20-14-6-4-3-5-13(14)19(23)24-2/h3-10,20H,1-2H3. The molecule has 1 N–H and O–H groups in total. The van der Waals surface area contributed by atoms with Gasteiger partial charge in [-0.1, -0.05) is 42.0 Å². The maximum Gasteiger partial charge on any atom is 0.339 e. The zero-order valence-electron chi connectivity index (χ0n) is 13.3. The summed E-state index contributed by atoms with van der Waals surface area (Å²) in [5, 5.41) is 2.91. The number of ether oxygens (including phenoxy) is 1. The Hall–Kier alpha value is -3.21. The van der Waals surface area contributed by atoms with Crippen molar-refractivity contribution in [3.05, 3.63) is 80.1 Å². The summed E-state index contributed by atoms with van der Waals surface area (Å²) in [4.78, 5) is 35.8. The molecule has 0 bridgehead atoms. The quantitative estimate of drug-likeness (QED) is 0.591. The largest absolute Gasteiger partial charge is 0.465 e. The van der Waals surface area contributed by atoms with Crippen molar-refractivity contribution < 1.29 is 9.53 Å². The van der Waals surface area contributed by atoms with Gasteiger partial charge in [-0.3, -0.25) is 9.59 Å². The summed E-state index contributed by atoms with van der Waals surface area (Å²) in [6.45, 7) is 1.94. The summed E-state index contributed by atoms with van der Waals surface area (Å²) in [5.41, 5.74) is 1.85. The van der Waals surface area contributed by atoms with Gasteiger partial charge in [0.1, 0.15) is 5.69 Å². The van der Waals surface area contributed by atoms with Gasteiger partial charge in [0.25, 0.3) is 5.43 Å². The van der Waals surface area contributed by atoms with Crippen LogP contribution in [-0.2, 0) is 4.74 Å². The van der Waals surface area contributed by atoms with Crippen molar-refractivity contribution in [2.24, 2.45) is 0 Å². The fourth-order valence-corrected chi connectivity index (χ4v) is 2.52. The lowest BCUT2D eigenvalue weighted by Gasteiger charge is -2.15. The molecule has 0 amide bonds. The molecule has 3 aromatic carbocycles. The summed E-state index contributed by atoms with van der Waals surface area (Å²) < 4.78 is 4.74. The summed E-state index contributed by atoms with van der Waals surface area (Å²) in [5.74, 6) is -0.520. The maximum absolute atomic E-state index is 12.0. The molecule has 24 heavy (non-hydrogen) atoms. The van der Waals surface area contributed by atoms with E-state index in [1.54, 1.807) is 36.4 Å². The minimum Gasteiger partial charge on any atom is -0.465 e. The zero-order valence-corrected chi connectivity index (χ0v) is 13.3. The number of methoxy groups -OCH3 is 1. The predicted molar refractivity (Wildman–Crippen MR) is 92.6 cm³/mol. The van der Waals surface area contributed by atoms with Crippen molar-refractivity contribution in [2.75, 3.05) is 12.4 Å². The number of esters is 1. The average Bonchev–Trinajstić information content (AvgIpc) is 2.62. The van der Waals surface area contributed by atoms with E-state index in [0.29, 0.717) is 22.4 Å². The summed E-state index contributed by atoms with van der Waals surface area (Å²) in [7, 11) is 1.29. The molecular formula is C19H15NO4. The van der Waals surface area contributed by atoms with Crippen LogP contribution in [0.4, 0.5) is 11.4 Å². The minimum absolute atomic E-state index is 0.195. The number of carbonyl (C=O) groups is 1. The number of anilines is 2. The number of nitrogens with one attached hydrogen (secondary N) is 1. The highest BCUT2D eigenvalue weighted by molar-refractivity contribution is 5.97. The van der Waals surface area contributed by atoms with Gasteiger partial charge >= 0.3 is 5.97 Å². The van der Waals surface area contributed by atoms with Gasteiger partial charge in [0, 0.05) is 0 Å². The monoisotopic (exact) mass is 321 g/mol. The fourth-order valence-electron chi connectivity index (χ4n) is 2.52. The van der Waals surface area contributed by atoms with E-state index in [1.807, 2.05) is 19.1 Å². The third-order valence-corrected chi connectivity index (χ3v) is 3.84. The second kappa shape index (κ2) is 6.12. The van der Waals surface area contributed by atoms with Crippen LogP contribution in [0, 0.1) is 6.92 Å². The SMILES string of the molecule is COC(=O)c1ccccc1Nc1c(-c2ccc(C)cc2)c(=O)c1=O. The lowest BCUT2D eigenvalue weighted by molar-refractivity contribution is 0.0602. The molecule has 5 nitrogen and oxygen atoms in total. The van der Waals surface area contributed by atoms with E-state index in [9.17, 15) is 14.4 Å². The van der Waals surface area contributed by atoms with E-state index in [1.165, 1.54) is 7.11 Å². The van der Waals surface area contributed by atoms with E-state index in [-0.39, 0.29) is 5.69 Å². The number of para-hydroxylation sites is 1. The molecule has 0 fully saturated rings. The number of carbonyl (C=O) groups excluding carboxylic acids is 1. The minimum atomic E-state index is -0.592. The van der Waals surface area contributed by atoms with Gasteiger partial charge in [-0.2, -0.15) is 0 Å². The zero-order chi connectivity index (χ0) is 17.3. The van der Waals surface area contributed by atoms with E-state index in [2.05, 4.69) is 5.32 Å². The highest BCUT2D eigenvalue weighted by Crippen LogP contribution is 2.28. The molecule has 0 heterocycles. The first-order chi connectivity index (χ1) is 11.5. The summed E-state index contributed by atoms with van der Waals surface area (Å²) in [6.07, 6.45) is 0. The molecule has 0 aliphatic carbocycles. The summed E-state index contributed by atoms with van der Waals surface area (Å²) >= 11 is 0. The Balaban J connectivity index is 2.03. The van der Waals surface area contributed by atoms with Crippen molar-refractivity contribution in [2.45, 2.75) is 6.92 Å². The average molecular weight is 321 g/mol. The van der Waals surface area contributed by atoms with Crippen LogP contribution >= 0.6 is 0 Å². The normalized spacial score (nSPS) is 10.6. The first-order valence-electron chi connectivity index (χ1n) is 7.37. The van der Waals surface area contributed by atoms with Crippen molar-refractivity contribution in [1.29, 1.82) is 0 Å². The van der Waals surface area contributed by atoms with E-state index in [0.717, 1.165) is 5.56 Å². The fraction of sp³-hybridized carbons (Fsp3) is 0.105. The molecule has 0 radical (unpaired) electrons. The molecule has 120 valence electrons. The van der Waals surface area contributed by atoms with Gasteiger partial charge in [-0.15, -0.1) is 0 Å². The Labute approximate surface area is 138 Å². The Kier molecular flexibility index (Phi) is 4.00. The van der Waals surface area contributed by atoms with Crippen molar-refractivity contribution in [3.63, 3.8) is 0 Å². The Morgan fingerprint density at radius 1 is 0.958 bits per heavy atom. The molecule has 0 spiro atoms. The van der Waals surface area contributed by atoms with Crippen molar-refractivity contribution in [3.8, 4) is 11.1 Å². The van der Waals surface area contributed by atoms with Gasteiger partial charge in [-0.05, 0) is 24.6 Å². The number of benzene rings is 2. The maximum atomic E-state index is 12.0. The highest BCUT2D eigenvalue weighted by Gasteiger charge is 2.23. The lowest BCUT2D eigenvalue weighted by atomic mass is 9.97. The predicted octanol–water partition coefficient (Wildman–Crippen LogP) is 2.79. The molecule has 3 aromatic rings. The molecule has 3 rings (SSSR count). The molecular weight excluding hydrogens is 306 g/mol.